The number of hydrogen-bond acceptors (Lipinski definition) is 6. The highest BCUT2D eigenvalue weighted by atomic mass is 16.2. The van der Waals surface area contributed by atoms with Gasteiger partial charge in [-0.3, -0.25) is 4.57 Å². The average Bonchev–Trinajstić information content (AvgIpc) is 2.75. The Morgan fingerprint density at radius 1 is 1.40 bits per heavy atom. The second kappa shape index (κ2) is 5.04. The molecule has 0 fully saturated rings. The third-order valence-electron chi connectivity index (χ3n) is 3.37. The zero-order chi connectivity index (χ0) is 14.1. The van der Waals surface area contributed by atoms with E-state index in [0.29, 0.717) is 11.6 Å². The van der Waals surface area contributed by atoms with Crippen molar-refractivity contribution in [2.24, 2.45) is 5.84 Å². The Morgan fingerprint density at radius 3 is 3.00 bits per heavy atom. The minimum Gasteiger partial charge on any atom is -0.308 e. The molecule has 0 aliphatic carbocycles. The summed E-state index contributed by atoms with van der Waals surface area (Å²) in [7, 11) is 0. The van der Waals surface area contributed by atoms with Crippen LogP contribution in [0.4, 0.5) is 5.82 Å². The van der Waals surface area contributed by atoms with Gasteiger partial charge in [-0.05, 0) is 19.8 Å². The Labute approximate surface area is 115 Å². The standard InChI is InChI=1S/C12H17N7O/c1-8-6-9(16-13)15-10(14-8)7-19-12(20)18-5-3-2-4-11(18)17-19/h6H,2-5,7,13H2,1H3,(H,14,15,16). The molecule has 8 heteroatoms. The SMILES string of the molecule is Cc1cc(NN)nc(Cn2nc3n(c2=O)CCCC3)n1. The normalized spacial score (nSPS) is 14.1. The van der Waals surface area contributed by atoms with Gasteiger partial charge < -0.3 is 5.43 Å². The van der Waals surface area contributed by atoms with Crippen molar-refractivity contribution >= 4 is 5.82 Å². The molecule has 0 unspecified atom stereocenters. The van der Waals surface area contributed by atoms with Crippen LogP contribution in [0.2, 0.25) is 0 Å². The maximum atomic E-state index is 12.2. The molecular weight excluding hydrogens is 258 g/mol. The summed E-state index contributed by atoms with van der Waals surface area (Å²) in [6.07, 6.45) is 2.96. The predicted molar refractivity (Wildman–Crippen MR) is 73.1 cm³/mol. The molecule has 20 heavy (non-hydrogen) atoms. The summed E-state index contributed by atoms with van der Waals surface area (Å²) in [6.45, 7) is 2.86. The summed E-state index contributed by atoms with van der Waals surface area (Å²) in [5, 5.41) is 4.37. The first-order valence-corrected chi connectivity index (χ1v) is 6.65. The molecule has 3 N–H and O–H groups in total. The van der Waals surface area contributed by atoms with Crippen molar-refractivity contribution in [1.29, 1.82) is 0 Å². The molecule has 0 amide bonds. The van der Waals surface area contributed by atoms with Gasteiger partial charge in [-0.2, -0.15) is 5.10 Å². The first kappa shape index (κ1) is 12.8. The van der Waals surface area contributed by atoms with Crippen LogP contribution in [-0.4, -0.2) is 24.3 Å². The molecule has 0 saturated heterocycles. The number of hydrogen-bond donors (Lipinski definition) is 2. The monoisotopic (exact) mass is 275 g/mol. The molecule has 1 aliphatic heterocycles. The number of nitrogens with two attached hydrogens (primary N) is 1. The smallest absolute Gasteiger partial charge is 0.308 e. The van der Waals surface area contributed by atoms with Gasteiger partial charge in [0.2, 0.25) is 0 Å². The van der Waals surface area contributed by atoms with Crippen LogP contribution >= 0.6 is 0 Å². The summed E-state index contributed by atoms with van der Waals surface area (Å²) < 4.78 is 3.16. The molecule has 3 rings (SSSR count). The van der Waals surface area contributed by atoms with Crippen LogP contribution < -0.4 is 17.0 Å². The molecule has 2 aromatic rings. The minimum absolute atomic E-state index is 0.0907. The number of rotatable bonds is 3. The van der Waals surface area contributed by atoms with Crippen molar-refractivity contribution in [2.75, 3.05) is 5.43 Å². The maximum Gasteiger partial charge on any atom is 0.346 e. The largest absolute Gasteiger partial charge is 0.346 e. The quantitative estimate of drug-likeness (QED) is 0.594. The summed E-state index contributed by atoms with van der Waals surface area (Å²) >= 11 is 0. The first-order chi connectivity index (χ1) is 9.67. The Morgan fingerprint density at radius 2 is 2.25 bits per heavy atom. The zero-order valence-corrected chi connectivity index (χ0v) is 11.3. The average molecular weight is 275 g/mol. The van der Waals surface area contributed by atoms with Crippen LogP contribution in [0.1, 0.15) is 30.2 Å². The van der Waals surface area contributed by atoms with Gasteiger partial charge in [-0.1, -0.05) is 0 Å². The Bertz CT molecular complexity index is 688. The van der Waals surface area contributed by atoms with Crippen LogP contribution in [0.3, 0.4) is 0 Å². The number of hydrazine groups is 1. The van der Waals surface area contributed by atoms with E-state index < -0.39 is 0 Å². The summed E-state index contributed by atoms with van der Waals surface area (Å²) in [5.41, 5.74) is 3.19. The van der Waals surface area contributed by atoms with E-state index in [4.69, 9.17) is 5.84 Å². The van der Waals surface area contributed by atoms with Crippen LogP contribution in [0, 0.1) is 6.92 Å². The van der Waals surface area contributed by atoms with Gasteiger partial charge in [0.25, 0.3) is 0 Å². The molecule has 0 radical (unpaired) electrons. The molecule has 8 nitrogen and oxygen atoms in total. The fourth-order valence-electron chi connectivity index (χ4n) is 2.46. The van der Waals surface area contributed by atoms with Crippen LogP contribution in [-0.2, 0) is 19.5 Å². The summed E-state index contributed by atoms with van der Waals surface area (Å²) in [5.74, 6) is 7.27. The number of nitrogens with one attached hydrogen (secondary N) is 1. The summed E-state index contributed by atoms with van der Waals surface area (Å²) in [4.78, 5) is 20.8. The number of fused-ring (bicyclic) bond motifs is 1. The van der Waals surface area contributed by atoms with Crippen molar-refractivity contribution in [1.82, 2.24) is 24.3 Å². The van der Waals surface area contributed by atoms with E-state index in [0.717, 1.165) is 37.3 Å². The number of nitrogens with zero attached hydrogens (tertiary/aromatic N) is 5. The van der Waals surface area contributed by atoms with Crippen molar-refractivity contribution in [2.45, 2.75) is 39.3 Å². The second-order valence-corrected chi connectivity index (χ2v) is 4.92. The molecule has 0 spiro atoms. The van der Waals surface area contributed by atoms with Gasteiger partial charge in [0, 0.05) is 24.7 Å². The molecule has 3 heterocycles. The second-order valence-electron chi connectivity index (χ2n) is 4.92. The topological polar surface area (TPSA) is 104 Å². The van der Waals surface area contributed by atoms with Crippen molar-refractivity contribution in [3.8, 4) is 0 Å². The van der Waals surface area contributed by atoms with Gasteiger partial charge in [0.1, 0.15) is 18.2 Å². The summed E-state index contributed by atoms with van der Waals surface area (Å²) in [6, 6.07) is 1.74. The van der Waals surface area contributed by atoms with E-state index >= 15 is 0 Å². The molecular formula is C12H17N7O. The highest BCUT2D eigenvalue weighted by molar-refractivity contribution is 5.33. The first-order valence-electron chi connectivity index (χ1n) is 6.65. The highest BCUT2D eigenvalue weighted by Crippen LogP contribution is 2.10. The minimum atomic E-state index is -0.0907. The molecule has 0 saturated carbocycles. The maximum absolute atomic E-state index is 12.2. The van der Waals surface area contributed by atoms with Gasteiger partial charge in [0.05, 0.1) is 0 Å². The van der Waals surface area contributed by atoms with Crippen LogP contribution in [0.25, 0.3) is 0 Å². The Balaban J connectivity index is 1.93. The lowest BCUT2D eigenvalue weighted by atomic mass is 10.2. The van der Waals surface area contributed by atoms with Crippen molar-refractivity contribution in [3.05, 3.63) is 33.9 Å². The fourth-order valence-corrected chi connectivity index (χ4v) is 2.46. The van der Waals surface area contributed by atoms with Gasteiger partial charge in [-0.25, -0.2) is 25.3 Å². The molecule has 1 aliphatic rings. The number of nitrogen functional groups attached to an aromatic ring is 1. The van der Waals surface area contributed by atoms with Gasteiger partial charge in [-0.15, -0.1) is 0 Å². The van der Waals surface area contributed by atoms with E-state index in [-0.39, 0.29) is 12.2 Å². The number of anilines is 1. The third-order valence-corrected chi connectivity index (χ3v) is 3.37. The molecule has 106 valence electrons. The zero-order valence-electron chi connectivity index (χ0n) is 11.3. The van der Waals surface area contributed by atoms with E-state index in [9.17, 15) is 4.79 Å². The fraction of sp³-hybridized carbons (Fsp3) is 0.500. The van der Waals surface area contributed by atoms with E-state index in [2.05, 4.69) is 20.5 Å². The lowest BCUT2D eigenvalue weighted by molar-refractivity contribution is 0.511. The van der Waals surface area contributed by atoms with Gasteiger partial charge in [0.15, 0.2) is 5.82 Å². The van der Waals surface area contributed by atoms with E-state index in [1.807, 2.05) is 6.92 Å². The Hall–Kier alpha value is -2.22. The Kier molecular flexibility index (Phi) is 3.23. The molecule has 0 bridgehead atoms. The predicted octanol–water partition coefficient (Wildman–Crippen LogP) is -0.187. The highest BCUT2D eigenvalue weighted by Gasteiger charge is 2.17. The number of aryl methyl sites for hydroxylation is 2. The van der Waals surface area contributed by atoms with Crippen LogP contribution in [0.15, 0.2) is 10.9 Å². The van der Waals surface area contributed by atoms with Crippen molar-refractivity contribution < 1.29 is 0 Å². The molecule has 2 aromatic heterocycles. The lowest BCUT2D eigenvalue weighted by Crippen LogP contribution is -2.27. The lowest BCUT2D eigenvalue weighted by Gasteiger charge is -2.09. The molecule has 0 atom stereocenters. The van der Waals surface area contributed by atoms with Crippen molar-refractivity contribution in [3.63, 3.8) is 0 Å². The van der Waals surface area contributed by atoms with E-state index in [1.54, 1.807) is 10.6 Å². The van der Waals surface area contributed by atoms with Crippen LogP contribution in [0.5, 0.6) is 0 Å². The molecule has 0 aromatic carbocycles. The third kappa shape index (κ3) is 2.29. The van der Waals surface area contributed by atoms with Gasteiger partial charge >= 0.3 is 5.69 Å². The van der Waals surface area contributed by atoms with E-state index in [1.165, 1.54) is 4.68 Å². The number of aromatic nitrogens is 5.